The zero-order chi connectivity index (χ0) is 16.7. The van der Waals surface area contributed by atoms with E-state index in [1.165, 1.54) is 10.6 Å². The molecule has 1 unspecified atom stereocenters. The smallest absolute Gasteiger partial charge is 0.317 e. The van der Waals surface area contributed by atoms with E-state index in [-0.39, 0.29) is 29.6 Å². The molecule has 1 aromatic heterocycles. The minimum absolute atomic E-state index is 0.0288. The molecule has 2 aromatic rings. The molecule has 0 aliphatic carbocycles. The maximum atomic E-state index is 12.3. The van der Waals surface area contributed by atoms with E-state index in [9.17, 15) is 14.4 Å². The van der Waals surface area contributed by atoms with Crippen molar-refractivity contribution in [3.8, 4) is 0 Å². The van der Waals surface area contributed by atoms with Gasteiger partial charge in [0.25, 0.3) is 0 Å². The zero-order valence-corrected chi connectivity index (χ0v) is 13.6. The summed E-state index contributed by atoms with van der Waals surface area (Å²) in [5, 5.41) is 3.59. The van der Waals surface area contributed by atoms with Gasteiger partial charge in [0, 0.05) is 6.54 Å². The monoisotopic (exact) mass is 357 g/mol. The number of benzene rings is 1. The van der Waals surface area contributed by atoms with E-state index in [0.29, 0.717) is 16.7 Å². The maximum Gasteiger partial charge on any atom is 0.317 e. The van der Waals surface area contributed by atoms with Crippen LogP contribution in [0.15, 0.2) is 15.7 Å². The Kier molecular flexibility index (Phi) is 4.08. The first-order valence-electron chi connectivity index (χ1n) is 7.00. The predicted molar refractivity (Wildman–Crippen MR) is 87.6 cm³/mol. The molecule has 23 heavy (non-hydrogen) atoms. The van der Waals surface area contributed by atoms with Crippen LogP contribution in [0.1, 0.15) is 19.4 Å². The number of rotatable bonds is 3. The second kappa shape index (κ2) is 5.90. The standard InChI is InChI=1S/C14H13Cl2N3O4/c1-2-23-9(20)3-6-5-17-11-10(16)7(15)4-8-12(11)19(6)14(22)13(21)18-8/h4,6,17H,2-3,5H2,1H3,(H,18,21). The molecule has 1 aromatic carbocycles. The number of carbonyl (C=O) groups is 1. The molecular weight excluding hydrogens is 345 g/mol. The van der Waals surface area contributed by atoms with Crippen molar-refractivity contribution in [3.63, 3.8) is 0 Å². The van der Waals surface area contributed by atoms with Crippen LogP contribution in [0.4, 0.5) is 5.69 Å². The summed E-state index contributed by atoms with van der Waals surface area (Å²) < 4.78 is 6.22. The second-order valence-corrected chi connectivity index (χ2v) is 5.90. The number of aromatic amines is 1. The van der Waals surface area contributed by atoms with Crippen LogP contribution in [0.2, 0.25) is 10.0 Å². The Morgan fingerprint density at radius 3 is 2.87 bits per heavy atom. The summed E-state index contributed by atoms with van der Waals surface area (Å²) in [6, 6.07) is 0.935. The van der Waals surface area contributed by atoms with Crippen molar-refractivity contribution < 1.29 is 9.53 Å². The van der Waals surface area contributed by atoms with Crippen molar-refractivity contribution in [1.29, 1.82) is 0 Å². The van der Waals surface area contributed by atoms with Crippen molar-refractivity contribution in [2.75, 3.05) is 18.5 Å². The number of carbonyl (C=O) groups excluding carboxylic acids is 1. The average molecular weight is 358 g/mol. The van der Waals surface area contributed by atoms with E-state index in [1.807, 2.05) is 0 Å². The fourth-order valence-corrected chi connectivity index (χ4v) is 3.16. The van der Waals surface area contributed by atoms with Crippen LogP contribution in [-0.4, -0.2) is 28.7 Å². The van der Waals surface area contributed by atoms with E-state index in [0.717, 1.165) is 0 Å². The third kappa shape index (κ3) is 2.60. The van der Waals surface area contributed by atoms with Gasteiger partial charge in [0.1, 0.15) is 0 Å². The Morgan fingerprint density at radius 1 is 1.43 bits per heavy atom. The summed E-state index contributed by atoms with van der Waals surface area (Å²) in [6.07, 6.45) is -0.0288. The minimum Gasteiger partial charge on any atom is -0.466 e. The van der Waals surface area contributed by atoms with Crippen LogP contribution in [0.3, 0.4) is 0 Å². The number of H-pyrrole nitrogens is 1. The minimum atomic E-state index is -0.780. The Hall–Kier alpha value is -1.99. The predicted octanol–water partition coefficient (Wildman–Crippen LogP) is 1.92. The van der Waals surface area contributed by atoms with Crippen LogP contribution in [0.5, 0.6) is 0 Å². The number of ether oxygens (including phenoxy) is 1. The molecule has 2 heterocycles. The summed E-state index contributed by atoms with van der Waals surface area (Å²) in [7, 11) is 0. The Morgan fingerprint density at radius 2 is 2.17 bits per heavy atom. The number of esters is 1. The Bertz CT molecular complexity index is 919. The first-order chi connectivity index (χ1) is 10.9. The van der Waals surface area contributed by atoms with Crippen molar-refractivity contribution >= 4 is 45.9 Å². The fraction of sp³-hybridized carbons (Fsp3) is 0.357. The van der Waals surface area contributed by atoms with Crippen molar-refractivity contribution in [1.82, 2.24) is 9.55 Å². The molecule has 1 atom stereocenters. The summed E-state index contributed by atoms with van der Waals surface area (Å²) in [4.78, 5) is 38.5. The highest BCUT2D eigenvalue weighted by atomic mass is 35.5. The zero-order valence-electron chi connectivity index (χ0n) is 12.1. The van der Waals surface area contributed by atoms with E-state index >= 15 is 0 Å². The van der Waals surface area contributed by atoms with Gasteiger partial charge in [-0.05, 0) is 13.0 Å². The lowest BCUT2D eigenvalue weighted by molar-refractivity contribution is -0.143. The summed E-state index contributed by atoms with van der Waals surface area (Å²) in [5.74, 6) is -0.442. The number of nitrogens with zero attached hydrogens (tertiary/aromatic N) is 1. The lowest BCUT2D eigenvalue weighted by atomic mass is 10.1. The molecule has 0 saturated carbocycles. The Balaban J connectivity index is 2.26. The quantitative estimate of drug-likeness (QED) is 0.646. The normalized spacial score (nSPS) is 16.2. The van der Waals surface area contributed by atoms with Crippen LogP contribution in [0.25, 0.3) is 11.0 Å². The summed E-state index contributed by atoms with van der Waals surface area (Å²) in [6.45, 7) is 2.20. The van der Waals surface area contributed by atoms with Gasteiger partial charge >= 0.3 is 17.1 Å². The SMILES string of the molecule is CCOC(=O)CC1CNc2c(Cl)c(Cl)cc3[nH]c(=O)c(=O)n1c23. The summed E-state index contributed by atoms with van der Waals surface area (Å²) >= 11 is 12.2. The van der Waals surface area contributed by atoms with Crippen molar-refractivity contribution in [2.45, 2.75) is 19.4 Å². The van der Waals surface area contributed by atoms with E-state index in [2.05, 4.69) is 10.3 Å². The molecule has 0 bridgehead atoms. The third-order valence-corrected chi connectivity index (χ3v) is 4.47. The molecule has 0 radical (unpaired) electrons. The number of anilines is 1. The van der Waals surface area contributed by atoms with E-state index in [4.69, 9.17) is 27.9 Å². The molecular formula is C14H13Cl2N3O4. The summed E-state index contributed by atoms with van der Waals surface area (Å²) in [5.41, 5.74) is -0.266. The number of hydrogen-bond acceptors (Lipinski definition) is 5. The maximum absolute atomic E-state index is 12.3. The van der Waals surface area contributed by atoms with Crippen LogP contribution in [0, 0.1) is 0 Å². The van der Waals surface area contributed by atoms with Gasteiger partial charge in [-0.15, -0.1) is 0 Å². The molecule has 0 amide bonds. The lowest BCUT2D eigenvalue weighted by Crippen LogP contribution is -2.43. The highest BCUT2D eigenvalue weighted by Crippen LogP contribution is 2.39. The van der Waals surface area contributed by atoms with Gasteiger partial charge in [-0.1, -0.05) is 23.2 Å². The highest BCUT2D eigenvalue weighted by Gasteiger charge is 2.28. The number of nitrogens with one attached hydrogen (secondary N) is 2. The molecule has 2 N–H and O–H groups in total. The first kappa shape index (κ1) is 15.9. The van der Waals surface area contributed by atoms with Gasteiger partial charge in [0.2, 0.25) is 0 Å². The molecule has 0 spiro atoms. The fourth-order valence-electron chi connectivity index (χ4n) is 2.75. The number of hydrogen-bond donors (Lipinski definition) is 2. The van der Waals surface area contributed by atoms with Crippen molar-refractivity contribution in [3.05, 3.63) is 36.8 Å². The molecule has 0 saturated heterocycles. The van der Waals surface area contributed by atoms with Crippen LogP contribution >= 0.6 is 23.2 Å². The molecule has 0 fully saturated rings. The first-order valence-corrected chi connectivity index (χ1v) is 7.75. The molecule has 9 heteroatoms. The number of halogens is 2. The molecule has 7 nitrogen and oxygen atoms in total. The number of aromatic nitrogens is 2. The van der Waals surface area contributed by atoms with Crippen LogP contribution < -0.4 is 16.4 Å². The van der Waals surface area contributed by atoms with Gasteiger partial charge in [-0.25, -0.2) is 0 Å². The van der Waals surface area contributed by atoms with Gasteiger partial charge in [-0.3, -0.25) is 19.0 Å². The van der Waals surface area contributed by atoms with Crippen LogP contribution in [-0.2, 0) is 9.53 Å². The molecule has 3 rings (SSSR count). The van der Waals surface area contributed by atoms with Gasteiger partial charge < -0.3 is 15.0 Å². The average Bonchev–Trinajstić information content (AvgIpc) is 2.50. The molecule has 1 aliphatic rings. The van der Waals surface area contributed by atoms with Gasteiger partial charge in [-0.2, -0.15) is 0 Å². The molecule has 122 valence electrons. The van der Waals surface area contributed by atoms with Gasteiger partial charge in [0.05, 0.1) is 45.8 Å². The van der Waals surface area contributed by atoms with Crippen molar-refractivity contribution in [2.24, 2.45) is 0 Å². The highest BCUT2D eigenvalue weighted by molar-refractivity contribution is 6.45. The van der Waals surface area contributed by atoms with E-state index < -0.39 is 23.1 Å². The Labute approximate surface area is 140 Å². The van der Waals surface area contributed by atoms with E-state index in [1.54, 1.807) is 6.92 Å². The second-order valence-electron chi connectivity index (χ2n) is 5.12. The topological polar surface area (TPSA) is 93.2 Å². The largest absolute Gasteiger partial charge is 0.466 e. The third-order valence-electron chi connectivity index (χ3n) is 3.68. The lowest BCUT2D eigenvalue weighted by Gasteiger charge is -2.28. The van der Waals surface area contributed by atoms with Gasteiger partial charge in [0.15, 0.2) is 0 Å². The molecule has 1 aliphatic heterocycles.